The maximum Gasteiger partial charge on any atom is 0.0148 e. The molecule has 0 aliphatic carbocycles. The summed E-state index contributed by atoms with van der Waals surface area (Å²) >= 11 is 1.78. The fraction of sp³-hybridized carbons (Fsp3) is 0.176. The molecule has 0 fully saturated rings. The first-order valence-corrected chi connectivity index (χ1v) is 7.20. The van der Waals surface area contributed by atoms with Gasteiger partial charge in [0.05, 0.1) is 0 Å². The lowest BCUT2D eigenvalue weighted by Crippen LogP contribution is -1.90. The molecule has 0 radical (unpaired) electrons. The lowest BCUT2D eigenvalue weighted by molar-refractivity contribution is 1.49. The van der Waals surface area contributed by atoms with E-state index in [1.807, 2.05) is 0 Å². The zero-order valence-electron chi connectivity index (χ0n) is 11.2. The zero-order chi connectivity index (χ0) is 13.3. The second kappa shape index (κ2) is 5.03. The Labute approximate surface area is 113 Å². The van der Waals surface area contributed by atoms with Crippen molar-refractivity contribution < 1.29 is 0 Å². The minimum atomic E-state index is 1.10. The van der Waals surface area contributed by atoms with Gasteiger partial charge in [-0.15, -0.1) is 11.8 Å². The summed E-state index contributed by atoms with van der Waals surface area (Å²) in [6.45, 7) is 12.3. The third-order valence-electron chi connectivity index (χ3n) is 3.14. The van der Waals surface area contributed by atoms with Gasteiger partial charge in [0.25, 0.3) is 0 Å². The number of fused-ring (bicyclic) bond motifs is 1. The fourth-order valence-corrected chi connectivity index (χ4v) is 2.86. The summed E-state index contributed by atoms with van der Waals surface area (Å²) in [5.41, 5.74) is 4.64. The zero-order valence-corrected chi connectivity index (χ0v) is 12.0. The van der Waals surface area contributed by atoms with E-state index < -0.39 is 0 Å². The van der Waals surface area contributed by atoms with Crippen LogP contribution in [0.5, 0.6) is 0 Å². The second-order valence-electron chi connectivity index (χ2n) is 4.60. The molecule has 18 heavy (non-hydrogen) atoms. The summed E-state index contributed by atoms with van der Waals surface area (Å²) in [4.78, 5) is 1.30. The number of thioether (sulfide) groups is 1. The molecule has 0 spiro atoms. The van der Waals surface area contributed by atoms with Crippen molar-refractivity contribution in [1.82, 2.24) is 0 Å². The van der Waals surface area contributed by atoms with Crippen LogP contribution in [0.3, 0.4) is 0 Å². The number of hydrogen-bond donors (Lipinski definition) is 0. The van der Waals surface area contributed by atoms with Crippen LogP contribution in [0.25, 0.3) is 21.9 Å². The van der Waals surface area contributed by atoms with Gasteiger partial charge in [0.2, 0.25) is 0 Å². The molecule has 2 aromatic carbocycles. The molecular weight excluding hydrogens is 236 g/mol. The van der Waals surface area contributed by atoms with Crippen LogP contribution < -0.4 is 0 Å². The minimum Gasteiger partial charge on any atom is -0.129 e. The summed E-state index contributed by atoms with van der Waals surface area (Å²) in [5.74, 6) is 0. The summed E-state index contributed by atoms with van der Waals surface area (Å²) in [7, 11) is 0. The van der Waals surface area contributed by atoms with Crippen molar-refractivity contribution in [1.29, 1.82) is 0 Å². The molecular formula is C17H18S. The Kier molecular flexibility index (Phi) is 3.63. The van der Waals surface area contributed by atoms with E-state index in [2.05, 4.69) is 63.6 Å². The third-order valence-corrected chi connectivity index (χ3v) is 3.94. The summed E-state index contributed by atoms with van der Waals surface area (Å²) < 4.78 is 0. The van der Waals surface area contributed by atoms with Crippen LogP contribution in [0.1, 0.15) is 25.0 Å². The van der Waals surface area contributed by atoms with Gasteiger partial charge in [-0.3, -0.25) is 0 Å². The maximum absolute atomic E-state index is 4.09. The Morgan fingerprint density at radius 1 is 0.944 bits per heavy atom. The average Bonchev–Trinajstić information content (AvgIpc) is 2.36. The molecule has 2 aromatic rings. The van der Waals surface area contributed by atoms with E-state index >= 15 is 0 Å². The normalized spacial score (nSPS) is 10.6. The largest absolute Gasteiger partial charge is 0.129 e. The molecule has 0 aliphatic heterocycles. The number of hydrogen-bond acceptors (Lipinski definition) is 1. The Bertz CT molecular complexity index is 615. The first-order chi connectivity index (χ1) is 8.56. The molecule has 0 heterocycles. The smallest absolute Gasteiger partial charge is 0.0148 e. The van der Waals surface area contributed by atoms with Gasteiger partial charge in [-0.1, -0.05) is 48.6 Å². The van der Waals surface area contributed by atoms with Crippen LogP contribution in [-0.2, 0) is 0 Å². The highest BCUT2D eigenvalue weighted by atomic mass is 32.2. The van der Waals surface area contributed by atoms with E-state index in [1.54, 1.807) is 11.8 Å². The molecule has 1 heteroatoms. The molecule has 0 nitrogen and oxygen atoms in total. The summed E-state index contributed by atoms with van der Waals surface area (Å²) in [5, 5.41) is 2.58. The average molecular weight is 254 g/mol. The minimum absolute atomic E-state index is 1.10. The van der Waals surface area contributed by atoms with E-state index in [0.29, 0.717) is 0 Å². The van der Waals surface area contributed by atoms with Crippen LogP contribution in [-0.4, -0.2) is 6.26 Å². The summed E-state index contributed by atoms with van der Waals surface area (Å²) in [6, 6.07) is 10.8. The van der Waals surface area contributed by atoms with E-state index in [1.165, 1.54) is 26.8 Å². The predicted octanol–water partition coefficient (Wildman–Crippen LogP) is 5.63. The van der Waals surface area contributed by atoms with Gasteiger partial charge in [-0.05, 0) is 48.1 Å². The van der Waals surface area contributed by atoms with Crippen molar-refractivity contribution >= 4 is 33.7 Å². The van der Waals surface area contributed by atoms with Gasteiger partial charge in [0, 0.05) is 4.90 Å². The lowest BCUT2D eigenvalue weighted by atomic mass is 9.93. The van der Waals surface area contributed by atoms with Gasteiger partial charge >= 0.3 is 0 Å². The van der Waals surface area contributed by atoms with Crippen molar-refractivity contribution in [2.24, 2.45) is 0 Å². The van der Waals surface area contributed by atoms with Gasteiger partial charge in [-0.25, -0.2) is 0 Å². The van der Waals surface area contributed by atoms with Crippen molar-refractivity contribution in [3.05, 3.63) is 54.6 Å². The predicted molar refractivity (Wildman–Crippen MR) is 85.1 cm³/mol. The lowest BCUT2D eigenvalue weighted by Gasteiger charge is -2.14. The van der Waals surface area contributed by atoms with Gasteiger partial charge < -0.3 is 0 Å². The van der Waals surface area contributed by atoms with E-state index in [4.69, 9.17) is 0 Å². The molecule has 0 saturated heterocycles. The highest BCUT2D eigenvalue weighted by Gasteiger charge is 2.10. The first-order valence-electron chi connectivity index (χ1n) is 5.97. The Hall–Kier alpha value is -1.47. The molecule has 0 unspecified atom stereocenters. The van der Waals surface area contributed by atoms with E-state index in [-0.39, 0.29) is 0 Å². The van der Waals surface area contributed by atoms with Crippen molar-refractivity contribution in [2.45, 2.75) is 18.7 Å². The maximum atomic E-state index is 4.09. The van der Waals surface area contributed by atoms with Crippen LogP contribution >= 0.6 is 11.8 Å². The molecule has 0 N–H and O–H groups in total. The van der Waals surface area contributed by atoms with E-state index in [0.717, 1.165) is 11.1 Å². The summed E-state index contributed by atoms with van der Waals surface area (Å²) in [6.07, 6.45) is 2.11. The van der Waals surface area contributed by atoms with Gasteiger partial charge in [0.15, 0.2) is 0 Å². The quantitative estimate of drug-likeness (QED) is 0.640. The fourth-order valence-electron chi connectivity index (χ4n) is 2.27. The van der Waals surface area contributed by atoms with Gasteiger partial charge in [0.1, 0.15) is 0 Å². The highest BCUT2D eigenvalue weighted by Crippen LogP contribution is 2.35. The van der Waals surface area contributed by atoms with Crippen LogP contribution in [0, 0.1) is 0 Å². The molecule has 0 bridgehead atoms. The second-order valence-corrected chi connectivity index (χ2v) is 5.45. The molecule has 0 aliphatic rings. The molecule has 0 atom stereocenters. The third kappa shape index (κ3) is 2.11. The highest BCUT2D eigenvalue weighted by molar-refractivity contribution is 7.98. The number of allylic oxidation sites excluding steroid dienone is 2. The first kappa shape index (κ1) is 13.0. The Morgan fingerprint density at radius 3 is 2.11 bits per heavy atom. The molecule has 0 saturated carbocycles. The van der Waals surface area contributed by atoms with Crippen LogP contribution in [0.15, 0.2) is 48.4 Å². The standard InChI is InChI=1S/C17H18S/c1-11(2)13-7-6-8-15-16(18-5)10-9-14(12(3)4)17(13)15/h6-10H,1,3H2,2,4-5H3. The SMILES string of the molecule is C=C(C)c1cccc2c(SC)ccc(C(=C)C)c12. The molecule has 2 rings (SSSR count). The Morgan fingerprint density at radius 2 is 1.56 bits per heavy atom. The van der Waals surface area contributed by atoms with Crippen LogP contribution in [0.2, 0.25) is 0 Å². The van der Waals surface area contributed by atoms with Crippen molar-refractivity contribution in [3.63, 3.8) is 0 Å². The number of benzene rings is 2. The Balaban J connectivity index is 2.96. The molecule has 92 valence electrons. The van der Waals surface area contributed by atoms with E-state index in [9.17, 15) is 0 Å². The number of rotatable bonds is 3. The van der Waals surface area contributed by atoms with Gasteiger partial charge in [-0.2, -0.15) is 0 Å². The monoisotopic (exact) mass is 254 g/mol. The topological polar surface area (TPSA) is 0 Å². The van der Waals surface area contributed by atoms with Crippen LogP contribution in [0.4, 0.5) is 0 Å². The molecule has 0 amide bonds. The molecule has 0 aromatic heterocycles. The van der Waals surface area contributed by atoms with Crippen molar-refractivity contribution in [3.8, 4) is 0 Å². The van der Waals surface area contributed by atoms with Crippen molar-refractivity contribution in [2.75, 3.05) is 6.26 Å².